The molecule has 0 saturated carbocycles. The zero-order valence-corrected chi connectivity index (χ0v) is 28.5. The van der Waals surface area contributed by atoms with Crippen LogP contribution in [-0.4, -0.2) is 84.7 Å². The number of halogens is 3. The average Bonchev–Trinajstić information content (AvgIpc) is 3.40. The van der Waals surface area contributed by atoms with E-state index in [0.29, 0.717) is 51.1 Å². The third-order valence-electron chi connectivity index (χ3n) is 9.55. The van der Waals surface area contributed by atoms with Crippen molar-refractivity contribution in [2.75, 3.05) is 46.0 Å². The van der Waals surface area contributed by atoms with Gasteiger partial charge in [0.05, 0.1) is 12.1 Å². The molecule has 7 nitrogen and oxygen atoms in total. The Morgan fingerprint density at radius 1 is 0.833 bits per heavy atom. The molecule has 0 bridgehead atoms. The number of aldehydes is 1. The molecule has 0 aliphatic carbocycles. The fourth-order valence-corrected chi connectivity index (χ4v) is 6.95. The van der Waals surface area contributed by atoms with Crippen molar-refractivity contribution >= 4 is 24.1 Å². The number of nitrogens with zero attached hydrogens (tertiary/aromatic N) is 3. The van der Waals surface area contributed by atoms with Crippen LogP contribution >= 0.6 is 11.8 Å². The highest BCUT2D eigenvalue weighted by Crippen LogP contribution is 2.35. The minimum absolute atomic E-state index is 0.337. The van der Waals surface area contributed by atoms with Gasteiger partial charge in [-0.2, -0.15) is 13.2 Å². The fraction of sp³-hybridized carbons (Fsp3) is 0.459. The smallest absolute Gasteiger partial charge is 0.416 e. The number of carbonyl (C=O) groups is 2. The number of hydrogen-bond donors (Lipinski definition) is 1. The van der Waals surface area contributed by atoms with Crippen LogP contribution in [0.1, 0.15) is 58.3 Å². The molecule has 6 rings (SSSR count). The molecular weight excluding hydrogens is 637 g/mol. The lowest BCUT2D eigenvalue weighted by atomic mass is 9.91. The number of ether oxygens (including phenoxy) is 1. The Kier molecular flexibility index (Phi) is 12.2. The Labute approximate surface area is 285 Å². The van der Waals surface area contributed by atoms with E-state index in [-0.39, 0.29) is 6.09 Å². The van der Waals surface area contributed by atoms with Gasteiger partial charge in [-0.1, -0.05) is 48.5 Å². The van der Waals surface area contributed by atoms with Crippen LogP contribution in [0.3, 0.4) is 0 Å². The molecule has 48 heavy (non-hydrogen) atoms. The summed E-state index contributed by atoms with van der Waals surface area (Å²) in [6.45, 7) is 6.45. The minimum Gasteiger partial charge on any atom is -0.441 e. The van der Waals surface area contributed by atoms with Crippen LogP contribution in [0.25, 0.3) is 0 Å². The van der Waals surface area contributed by atoms with Gasteiger partial charge >= 0.3 is 12.3 Å². The van der Waals surface area contributed by atoms with Crippen LogP contribution in [0, 0.1) is 0 Å². The maximum absolute atomic E-state index is 12.7. The zero-order chi connectivity index (χ0) is 34.1. The number of carbonyl (C=O) groups excluding carboxylic acids is 2. The van der Waals surface area contributed by atoms with E-state index in [4.69, 9.17) is 4.74 Å². The van der Waals surface area contributed by atoms with Gasteiger partial charge in [-0.15, -0.1) is 11.8 Å². The van der Waals surface area contributed by atoms with Gasteiger partial charge in [0.15, 0.2) is 0 Å². The van der Waals surface area contributed by atoms with Crippen molar-refractivity contribution in [3.8, 4) is 0 Å². The van der Waals surface area contributed by atoms with E-state index < -0.39 is 17.3 Å². The van der Waals surface area contributed by atoms with Gasteiger partial charge in [0.1, 0.15) is 11.9 Å². The molecule has 3 aromatic carbocycles. The Hall–Kier alpha value is -3.38. The molecule has 1 N–H and O–H groups in total. The van der Waals surface area contributed by atoms with E-state index in [9.17, 15) is 22.8 Å². The van der Waals surface area contributed by atoms with Crippen molar-refractivity contribution < 1.29 is 27.5 Å². The molecule has 3 aliphatic rings. The first-order valence-electron chi connectivity index (χ1n) is 16.5. The molecule has 0 radical (unpaired) electrons. The minimum atomic E-state index is -4.33. The third kappa shape index (κ3) is 9.84. The van der Waals surface area contributed by atoms with E-state index in [2.05, 4.69) is 52.7 Å². The average molecular weight is 683 g/mol. The Morgan fingerprint density at radius 2 is 1.35 bits per heavy atom. The van der Waals surface area contributed by atoms with Gasteiger partial charge in [-0.3, -0.25) is 19.5 Å². The van der Waals surface area contributed by atoms with Crippen molar-refractivity contribution in [3.05, 3.63) is 101 Å². The predicted octanol–water partition coefficient (Wildman–Crippen LogP) is 7.10. The Morgan fingerprint density at radius 3 is 1.88 bits per heavy atom. The second kappa shape index (κ2) is 16.3. The predicted molar refractivity (Wildman–Crippen MR) is 183 cm³/mol. The second-order valence-electron chi connectivity index (χ2n) is 12.9. The van der Waals surface area contributed by atoms with Gasteiger partial charge in [-0.25, -0.2) is 4.79 Å². The third-order valence-corrected chi connectivity index (χ3v) is 10.3. The van der Waals surface area contributed by atoms with Crippen LogP contribution in [0.2, 0.25) is 0 Å². The highest BCUT2D eigenvalue weighted by Gasteiger charge is 2.46. The van der Waals surface area contributed by atoms with E-state index in [1.165, 1.54) is 48.5 Å². The molecule has 0 aromatic heterocycles. The number of benzene rings is 3. The number of hydrogen-bond acceptors (Lipinski definition) is 7. The van der Waals surface area contributed by atoms with E-state index in [1.807, 2.05) is 12.1 Å². The topological polar surface area (TPSA) is 65.1 Å². The SMILES string of the molecule is CNC1CCN(Cc2ccc(SC)cc2)CC1.O=Cc1ccc(CN2CC3(CCN(Cc4ccc(C(F)(F)F)cc4)CC3)OC2=O)cc1. The zero-order valence-electron chi connectivity index (χ0n) is 27.7. The highest BCUT2D eigenvalue weighted by molar-refractivity contribution is 7.98. The molecular formula is C37H45F3N4O3S. The van der Waals surface area contributed by atoms with Crippen molar-refractivity contribution in [3.63, 3.8) is 0 Å². The Balaban J connectivity index is 0.000000224. The number of amides is 1. The number of alkyl halides is 3. The summed E-state index contributed by atoms with van der Waals surface area (Å²) in [7, 11) is 2.07. The summed E-state index contributed by atoms with van der Waals surface area (Å²) in [6, 6.07) is 22.0. The van der Waals surface area contributed by atoms with Crippen LogP contribution in [0.15, 0.2) is 77.7 Å². The normalized spacial score (nSPS) is 18.8. The van der Waals surface area contributed by atoms with Crippen molar-refractivity contribution in [2.45, 2.75) is 68.0 Å². The lowest BCUT2D eigenvalue weighted by Gasteiger charge is -2.37. The number of likely N-dealkylation sites (tertiary alicyclic amines) is 2. The summed E-state index contributed by atoms with van der Waals surface area (Å²) in [5.41, 5.74) is 2.62. The molecule has 258 valence electrons. The molecule has 1 amide bonds. The lowest BCUT2D eigenvalue weighted by molar-refractivity contribution is -0.137. The lowest BCUT2D eigenvalue weighted by Crippen LogP contribution is -2.46. The number of piperidine rings is 2. The first-order valence-corrected chi connectivity index (χ1v) is 17.7. The van der Waals surface area contributed by atoms with Crippen LogP contribution in [0.5, 0.6) is 0 Å². The Bertz CT molecular complexity index is 1470. The number of rotatable bonds is 9. The van der Waals surface area contributed by atoms with Gasteiger partial charge in [0, 0.05) is 62.1 Å². The molecule has 3 heterocycles. The monoisotopic (exact) mass is 682 g/mol. The van der Waals surface area contributed by atoms with E-state index in [1.54, 1.807) is 28.8 Å². The highest BCUT2D eigenvalue weighted by atomic mass is 32.2. The molecule has 11 heteroatoms. The summed E-state index contributed by atoms with van der Waals surface area (Å²) >= 11 is 1.80. The van der Waals surface area contributed by atoms with Gasteiger partial charge < -0.3 is 10.1 Å². The number of thioether (sulfide) groups is 1. The van der Waals surface area contributed by atoms with Crippen LogP contribution in [0.4, 0.5) is 18.0 Å². The van der Waals surface area contributed by atoms with Gasteiger partial charge in [-0.05, 0) is 80.2 Å². The molecule has 0 atom stereocenters. The fourth-order valence-electron chi connectivity index (χ4n) is 6.54. The first-order chi connectivity index (χ1) is 23.1. The van der Waals surface area contributed by atoms with Crippen molar-refractivity contribution in [1.29, 1.82) is 0 Å². The maximum Gasteiger partial charge on any atom is 0.416 e. The molecule has 3 aliphatic heterocycles. The van der Waals surface area contributed by atoms with Gasteiger partial charge in [0.25, 0.3) is 0 Å². The van der Waals surface area contributed by atoms with Crippen LogP contribution in [-0.2, 0) is 30.5 Å². The quantitative estimate of drug-likeness (QED) is 0.191. The standard InChI is InChI=1S/C23H23F3N2O3.C14H22N2S/c24-23(25,26)20-7-5-17(6-8-20)13-27-11-9-22(10-12-27)16-28(21(30)31-22)14-18-1-3-19(15-29)4-2-18;1-15-13-7-9-16(10-8-13)11-12-3-5-14(17-2)6-4-12/h1-8,15H,9-14,16H2;3-6,13,15H,7-11H2,1-2H3. The van der Waals surface area contributed by atoms with E-state index in [0.717, 1.165) is 42.1 Å². The summed E-state index contributed by atoms with van der Waals surface area (Å²) in [6.07, 6.45) is 2.15. The number of nitrogens with one attached hydrogen (secondary N) is 1. The molecule has 3 fully saturated rings. The van der Waals surface area contributed by atoms with Crippen molar-refractivity contribution in [1.82, 2.24) is 20.0 Å². The molecule has 1 spiro atoms. The summed E-state index contributed by atoms with van der Waals surface area (Å²) in [5, 5.41) is 3.37. The largest absolute Gasteiger partial charge is 0.441 e. The van der Waals surface area contributed by atoms with E-state index >= 15 is 0 Å². The maximum atomic E-state index is 12.7. The molecule has 0 unspecified atom stereocenters. The summed E-state index contributed by atoms with van der Waals surface area (Å²) in [4.78, 5) is 30.9. The summed E-state index contributed by atoms with van der Waals surface area (Å²) in [5.74, 6) is 0. The van der Waals surface area contributed by atoms with Crippen LogP contribution < -0.4 is 5.32 Å². The summed E-state index contributed by atoms with van der Waals surface area (Å²) < 4.78 is 43.9. The van der Waals surface area contributed by atoms with Crippen molar-refractivity contribution in [2.24, 2.45) is 0 Å². The molecule has 3 aromatic rings. The molecule has 3 saturated heterocycles. The van der Waals surface area contributed by atoms with Gasteiger partial charge in [0.2, 0.25) is 0 Å². The first kappa shape index (κ1) is 35.9. The second-order valence-corrected chi connectivity index (χ2v) is 13.8.